The summed E-state index contributed by atoms with van der Waals surface area (Å²) in [6.45, 7) is 0. The van der Waals surface area contributed by atoms with E-state index in [0.29, 0.717) is 0 Å². The number of imidazole rings is 4. The molecule has 57 heavy (non-hydrogen) atoms. The maximum Gasteiger partial charge on any atom is 1.29 e. The Balaban J connectivity index is 2.94. The van der Waals surface area contributed by atoms with Gasteiger partial charge in [0.15, 0.2) is 0 Å². The Morgan fingerprint density at radius 3 is 0.544 bits per heavy atom. The van der Waals surface area contributed by atoms with Crippen molar-refractivity contribution in [2.75, 3.05) is 0 Å². The highest BCUT2D eigenvalue weighted by atomic mass is 27.3. The van der Waals surface area contributed by atoms with E-state index in [1.165, 1.54) is 0 Å². The molecule has 4 heterocycles. The molecule has 0 aliphatic rings. The molecule has 44 nitrogen and oxygen atoms in total. The first-order chi connectivity index (χ1) is 26.3. The van der Waals surface area contributed by atoms with Crippen molar-refractivity contribution in [2.24, 2.45) is 0 Å². The minimum Gasteiger partial charge on any atom is -0.389 e. The topological polar surface area (TPSA) is 589 Å². The fourth-order valence-electron chi connectivity index (χ4n) is 5.26. The molecule has 0 saturated carbocycles. The van der Waals surface area contributed by atoms with Gasteiger partial charge in [0.05, 0.1) is 0 Å². The third kappa shape index (κ3) is 5.66. The van der Waals surface area contributed by atoms with Crippen LogP contribution in [-0.4, -0.2) is 107 Å². The SMILES string of the molecule is O=[N+]([O-])c1nc([N+](=O)[O-])[n]([Al-]([n]2c([N+](=O)[O-])nc([N+](=O)[O-])c2[N+](=O)[O-])([n]2c([N+](=O)[O-])nc([N+](=O)[O-])c2[N+](=O)[O-])[n]2c([N+](=O)[O-])nc([N+](=O)[O-])c2[N+](=O)[O-])c1[N+](=O)[O-]. The summed E-state index contributed by atoms with van der Waals surface area (Å²) in [5.41, 5.74) is 0. The summed E-state index contributed by atoms with van der Waals surface area (Å²) in [5.74, 6) is -33.6. The summed E-state index contributed by atoms with van der Waals surface area (Å²) in [7, 11) is 0. The lowest BCUT2D eigenvalue weighted by Gasteiger charge is -2.22. The van der Waals surface area contributed by atoms with E-state index in [0.717, 1.165) is 0 Å². The van der Waals surface area contributed by atoms with E-state index in [4.69, 9.17) is 0 Å². The second kappa shape index (κ2) is 13.3. The highest BCUT2D eigenvalue weighted by Crippen LogP contribution is 2.49. The van der Waals surface area contributed by atoms with Crippen molar-refractivity contribution in [1.29, 1.82) is 0 Å². The van der Waals surface area contributed by atoms with Crippen molar-refractivity contribution in [2.45, 2.75) is 0 Å². The fourth-order valence-corrected chi connectivity index (χ4v) is 10.6. The highest BCUT2D eigenvalue weighted by molar-refractivity contribution is 6.77. The van der Waals surface area contributed by atoms with Crippen LogP contribution in [0.25, 0.3) is 0 Å². The molecule has 0 bridgehead atoms. The molecule has 0 aliphatic carbocycles. The van der Waals surface area contributed by atoms with Gasteiger partial charge in [-0.15, -0.1) is 0 Å². The lowest BCUT2D eigenvalue weighted by atomic mass is 10.7. The van der Waals surface area contributed by atoms with Gasteiger partial charge in [0.2, 0.25) is 0 Å². The number of aromatic nitrogens is 8. The van der Waals surface area contributed by atoms with Crippen LogP contribution in [0.2, 0.25) is 0 Å². The Labute approximate surface area is 299 Å². The molecule has 0 aromatic carbocycles. The molecule has 296 valence electrons. The Morgan fingerprint density at radius 2 is 0.439 bits per heavy atom. The second-order valence-corrected chi connectivity index (χ2v) is 12.9. The van der Waals surface area contributed by atoms with Crippen LogP contribution in [-0.2, 0) is 0 Å². The van der Waals surface area contributed by atoms with Crippen LogP contribution in [0.15, 0.2) is 0 Å². The van der Waals surface area contributed by atoms with Gasteiger partial charge in [-0.3, -0.25) is 14.2 Å². The molecule has 0 spiro atoms. The van der Waals surface area contributed by atoms with Crippen molar-refractivity contribution in [1.82, 2.24) is 34.1 Å². The molecule has 4 aromatic heterocycles. The lowest BCUT2D eigenvalue weighted by Crippen LogP contribution is -2.65. The number of nitro groups is 12. The fraction of sp³-hybridized carbons (Fsp3) is 0. The number of nitrogens with zero attached hydrogens (tertiary/aromatic N) is 20. The van der Waals surface area contributed by atoms with E-state index >= 15 is 0 Å². The summed E-state index contributed by atoms with van der Waals surface area (Å²) in [6, 6.07) is 0. The van der Waals surface area contributed by atoms with Crippen LogP contribution >= 0.6 is 0 Å². The van der Waals surface area contributed by atoms with Crippen molar-refractivity contribution < 1.29 is 59.1 Å². The van der Waals surface area contributed by atoms with Crippen LogP contribution in [0.5, 0.6) is 0 Å². The summed E-state index contributed by atoms with van der Waals surface area (Å²) < 4.78 is -5.75. The first kappa shape index (κ1) is 40.0. The molecule has 0 aliphatic heterocycles. The molecule has 0 N–H and O–H groups in total. The van der Waals surface area contributed by atoms with Gasteiger partial charge in [0.1, 0.15) is 0 Å². The van der Waals surface area contributed by atoms with Crippen LogP contribution < -0.4 is 0 Å². The number of hydrogen-bond donors (Lipinski definition) is 0. The molecule has 0 saturated heterocycles. The molecule has 0 amide bonds. The molecule has 0 radical (unpaired) electrons. The molecular weight excluding hydrogens is 835 g/mol. The zero-order chi connectivity index (χ0) is 43.5. The van der Waals surface area contributed by atoms with E-state index in [1.807, 2.05) is 0 Å². The third-order valence-electron chi connectivity index (χ3n) is 6.82. The quantitative estimate of drug-likeness (QED) is 0.0764. The molecular formula is C12AlN20O24-. The predicted octanol–water partition coefficient (Wildman–Crippen LogP) is -0.700. The minimum absolute atomic E-state index is 1.44. The second-order valence-electron chi connectivity index (χ2n) is 9.49. The predicted molar refractivity (Wildman–Crippen MR) is 156 cm³/mol. The smallest absolute Gasteiger partial charge is 0.389 e. The van der Waals surface area contributed by atoms with E-state index in [2.05, 4.69) is 19.9 Å². The normalized spacial score (nSPS) is 11.1. The molecule has 4 aromatic rings. The van der Waals surface area contributed by atoms with Crippen molar-refractivity contribution in [3.63, 3.8) is 0 Å². The Kier molecular flexibility index (Phi) is 9.32. The average molecular weight is 835 g/mol. The first-order valence-corrected chi connectivity index (χ1v) is 14.7. The van der Waals surface area contributed by atoms with Gasteiger partial charge in [-0.25, -0.2) is 0 Å². The van der Waals surface area contributed by atoms with Gasteiger partial charge >= 0.3 is 84.3 Å². The molecule has 0 unspecified atom stereocenters. The van der Waals surface area contributed by atoms with Crippen LogP contribution in [0.4, 0.5) is 70.3 Å². The van der Waals surface area contributed by atoms with Gasteiger partial charge < -0.3 is 121 Å². The largest absolute Gasteiger partial charge is 1.29 e. The molecule has 0 fully saturated rings. The zero-order valence-electron chi connectivity index (χ0n) is 25.3. The Bertz CT molecular complexity index is 2280. The lowest BCUT2D eigenvalue weighted by molar-refractivity contribution is -0.430. The van der Waals surface area contributed by atoms with Crippen molar-refractivity contribution in [3.8, 4) is 0 Å². The van der Waals surface area contributed by atoms with E-state index in [9.17, 15) is 121 Å². The zero-order valence-corrected chi connectivity index (χ0v) is 26.5. The number of hydrogen-bond acceptors (Lipinski definition) is 28. The molecule has 4 rings (SSSR count). The van der Waals surface area contributed by atoms with Crippen LogP contribution in [0.3, 0.4) is 0 Å². The van der Waals surface area contributed by atoms with Crippen LogP contribution in [0.1, 0.15) is 0 Å². The molecule has 45 heteroatoms. The summed E-state index contributed by atoms with van der Waals surface area (Å²) >= 11 is -9.14. The van der Waals surface area contributed by atoms with Crippen LogP contribution in [0, 0.1) is 121 Å². The van der Waals surface area contributed by atoms with Gasteiger partial charge in [0, 0.05) is 15.0 Å². The van der Waals surface area contributed by atoms with Gasteiger partial charge in [-0.1, -0.05) is 0 Å². The van der Waals surface area contributed by atoms with Crippen molar-refractivity contribution in [3.05, 3.63) is 121 Å². The summed E-state index contributed by atoms with van der Waals surface area (Å²) in [6.07, 6.45) is 0. The highest BCUT2D eigenvalue weighted by Gasteiger charge is 2.95. The average Bonchev–Trinajstić information content (AvgIpc) is 3.86. The summed E-state index contributed by atoms with van der Waals surface area (Å²) in [4.78, 5) is 132. The van der Waals surface area contributed by atoms with Gasteiger partial charge in [-0.2, -0.15) is 0 Å². The monoisotopic (exact) mass is 835 g/mol. The van der Waals surface area contributed by atoms with Gasteiger partial charge in [0.25, 0.3) is 0 Å². The first-order valence-electron chi connectivity index (χ1n) is 12.7. The van der Waals surface area contributed by atoms with Gasteiger partial charge in [-0.05, 0) is 64.1 Å². The minimum atomic E-state index is -9.14. The molecule has 0 atom stereocenters. The van der Waals surface area contributed by atoms with Crippen molar-refractivity contribution >= 4 is 84.3 Å². The van der Waals surface area contributed by atoms with E-state index < -0.39 is 158 Å². The Hall–Kier alpha value is -9.83. The third-order valence-corrected chi connectivity index (χ3v) is 11.5. The standard InChI is InChI=1S/4C3N5O6.Al/c4*9-6(10)1-2(7(11)12)5-3(4-1)8(13)14;/q4*-1;+3. The number of rotatable bonds is 16. The summed E-state index contributed by atoms with van der Waals surface area (Å²) in [5, 5.41) is 149. The van der Waals surface area contributed by atoms with E-state index in [-0.39, 0.29) is 0 Å². The van der Waals surface area contributed by atoms with E-state index in [1.54, 1.807) is 0 Å². The maximum atomic E-state index is 12.6. The maximum absolute atomic E-state index is 12.6. The Morgan fingerprint density at radius 1 is 0.281 bits per heavy atom.